The monoisotopic (exact) mass is 636 g/mol. The summed E-state index contributed by atoms with van der Waals surface area (Å²) in [5.74, 6) is -1.01. The van der Waals surface area contributed by atoms with Gasteiger partial charge in [-0.3, -0.25) is 14.4 Å². The number of halogens is 1. The van der Waals surface area contributed by atoms with Gasteiger partial charge in [0.25, 0.3) is 5.91 Å². The van der Waals surface area contributed by atoms with Gasteiger partial charge in [-0.2, -0.15) is 0 Å². The molecule has 2 aromatic rings. The zero-order chi connectivity index (χ0) is 31.9. The number of nitrogens with one attached hydrogen (secondary N) is 2. The average Bonchev–Trinajstić information content (AvgIpc) is 3.68. The molecule has 0 saturated carbocycles. The molecule has 6 atom stereocenters. The normalized spacial score (nSPS) is 29.8. The summed E-state index contributed by atoms with van der Waals surface area (Å²) < 4.78 is 22.9. The Bertz CT molecular complexity index is 1450. The third kappa shape index (κ3) is 5.84. The molecule has 45 heavy (non-hydrogen) atoms. The third-order valence-electron chi connectivity index (χ3n) is 10.4. The molecule has 3 saturated heterocycles. The van der Waals surface area contributed by atoms with E-state index in [9.17, 15) is 19.5 Å². The van der Waals surface area contributed by atoms with Gasteiger partial charge in [0.2, 0.25) is 20.2 Å². The standard InChI is InChI=1S/C34H45FN4O5Si/c1-22-31(45(2,3)35)29(18-30(41)38-16-8-12-26(38)21-40)44-34(22)27-13-4-5-14-28(27)39(33(34)43)20-23-9-6-11-25(17-23)37-32(42)24-10-7-15-36-19-24/h4-6,9,11,13-14,17,22,24,26,29,31,36,40H,7-8,10,12,15-16,18-21H2,1-3H3,(H,37,42)/t22-,24?,26-,29+,31-,34+/m0/s1. The van der Waals surface area contributed by atoms with E-state index in [0.29, 0.717) is 30.0 Å². The number of likely N-dealkylation sites (tertiary alicyclic amines) is 1. The summed E-state index contributed by atoms with van der Waals surface area (Å²) in [6.07, 6.45) is 2.59. The van der Waals surface area contributed by atoms with Crippen LogP contribution in [0.5, 0.6) is 0 Å². The van der Waals surface area contributed by atoms with Crippen LogP contribution >= 0.6 is 0 Å². The fourth-order valence-corrected chi connectivity index (χ4v) is 10.7. The van der Waals surface area contributed by atoms with E-state index in [1.165, 1.54) is 0 Å². The minimum atomic E-state index is -3.42. The molecule has 0 radical (unpaired) electrons. The molecule has 4 aliphatic heterocycles. The summed E-state index contributed by atoms with van der Waals surface area (Å²) >= 11 is 0. The lowest BCUT2D eigenvalue weighted by atomic mass is 9.82. The number of aliphatic hydroxyl groups is 1. The number of hydrogen-bond donors (Lipinski definition) is 3. The van der Waals surface area contributed by atoms with Crippen molar-refractivity contribution in [2.24, 2.45) is 11.8 Å². The summed E-state index contributed by atoms with van der Waals surface area (Å²) in [6, 6.07) is 14.8. The number of aliphatic hydroxyl groups excluding tert-OH is 1. The van der Waals surface area contributed by atoms with Crippen LogP contribution in [-0.2, 0) is 31.3 Å². The molecule has 4 aliphatic rings. The minimum absolute atomic E-state index is 0.0158. The molecule has 0 bridgehead atoms. The summed E-state index contributed by atoms with van der Waals surface area (Å²) in [4.78, 5) is 44.4. The highest BCUT2D eigenvalue weighted by Gasteiger charge is 2.67. The van der Waals surface area contributed by atoms with Crippen LogP contribution in [0.4, 0.5) is 15.5 Å². The Hall–Kier alpha value is -3.12. The summed E-state index contributed by atoms with van der Waals surface area (Å²) in [5, 5.41) is 16.1. The molecule has 3 amide bonds. The van der Waals surface area contributed by atoms with Gasteiger partial charge in [-0.05, 0) is 69.1 Å². The van der Waals surface area contributed by atoms with Crippen LogP contribution < -0.4 is 15.5 Å². The molecule has 2 aromatic carbocycles. The molecule has 0 aliphatic carbocycles. The zero-order valence-corrected chi connectivity index (χ0v) is 27.4. The van der Waals surface area contributed by atoms with E-state index in [-0.39, 0.29) is 49.3 Å². The third-order valence-corrected chi connectivity index (χ3v) is 12.8. The van der Waals surface area contributed by atoms with Gasteiger partial charge in [-0.25, -0.2) is 0 Å². The molecule has 0 aromatic heterocycles. The Morgan fingerprint density at radius 3 is 2.69 bits per heavy atom. The molecular weight excluding hydrogens is 591 g/mol. The molecule has 9 nitrogen and oxygen atoms in total. The minimum Gasteiger partial charge on any atom is -0.394 e. The average molecular weight is 637 g/mol. The first-order valence-corrected chi connectivity index (χ1v) is 19.3. The van der Waals surface area contributed by atoms with Crippen LogP contribution in [0, 0.1) is 11.8 Å². The predicted octanol–water partition coefficient (Wildman–Crippen LogP) is 4.32. The Balaban J connectivity index is 1.27. The van der Waals surface area contributed by atoms with Gasteiger partial charge in [0.15, 0.2) is 5.60 Å². The van der Waals surface area contributed by atoms with Gasteiger partial charge >= 0.3 is 0 Å². The second-order valence-electron chi connectivity index (χ2n) is 13.7. The number of hydrogen-bond acceptors (Lipinski definition) is 6. The number of benzene rings is 2. The molecule has 3 fully saturated rings. The van der Waals surface area contributed by atoms with Gasteiger partial charge in [-0.15, -0.1) is 0 Å². The van der Waals surface area contributed by atoms with E-state index in [1.807, 2.05) is 55.5 Å². The molecule has 4 heterocycles. The van der Waals surface area contributed by atoms with Crippen LogP contribution in [0.3, 0.4) is 0 Å². The van der Waals surface area contributed by atoms with Gasteiger partial charge in [0.05, 0.1) is 43.3 Å². The largest absolute Gasteiger partial charge is 0.394 e. The van der Waals surface area contributed by atoms with Crippen molar-refractivity contribution < 1.29 is 28.3 Å². The highest BCUT2D eigenvalue weighted by Crippen LogP contribution is 2.60. The first-order valence-electron chi connectivity index (χ1n) is 16.3. The number of amides is 3. The maximum Gasteiger partial charge on any atom is 0.264 e. The SMILES string of the molecule is C[C@H]1[C@H]([Si](C)(C)F)[C@@H](CC(=O)N2CCC[C@H]2CO)O[C@]12C(=O)N(Cc1cccc(NC(=O)C3CCCNC3)c1)c1ccccc12. The number of rotatable bonds is 8. The van der Waals surface area contributed by atoms with Gasteiger partial charge in [0.1, 0.15) is 0 Å². The van der Waals surface area contributed by atoms with Crippen molar-refractivity contribution in [3.8, 4) is 0 Å². The lowest BCUT2D eigenvalue weighted by Crippen LogP contribution is -2.45. The van der Waals surface area contributed by atoms with Crippen molar-refractivity contribution in [2.45, 2.75) is 82.0 Å². The van der Waals surface area contributed by atoms with E-state index in [2.05, 4.69) is 10.6 Å². The summed E-state index contributed by atoms with van der Waals surface area (Å²) in [6.45, 7) is 7.46. The van der Waals surface area contributed by atoms with E-state index in [0.717, 1.165) is 37.8 Å². The van der Waals surface area contributed by atoms with Crippen molar-refractivity contribution >= 4 is 37.5 Å². The highest BCUT2D eigenvalue weighted by molar-refractivity contribution is 6.72. The summed E-state index contributed by atoms with van der Waals surface area (Å²) in [7, 11) is -3.42. The number of para-hydroxylation sites is 1. The molecule has 1 unspecified atom stereocenters. The number of carbonyl (C=O) groups is 3. The Kier molecular flexibility index (Phi) is 8.90. The van der Waals surface area contributed by atoms with E-state index in [1.54, 1.807) is 22.9 Å². The number of nitrogens with zero attached hydrogens (tertiary/aromatic N) is 2. The van der Waals surface area contributed by atoms with Crippen molar-refractivity contribution in [3.63, 3.8) is 0 Å². The lowest BCUT2D eigenvalue weighted by molar-refractivity contribution is -0.150. The molecule has 11 heteroatoms. The fraction of sp³-hybridized carbons (Fsp3) is 0.559. The second-order valence-corrected chi connectivity index (χ2v) is 17.5. The Morgan fingerprint density at radius 2 is 1.96 bits per heavy atom. The zero-order valence-electron chi connectivity index (χ0n) is 26.4. The number of ether oxygens (including phenoxy) is 1. The van der Waals surface area contributed by atoms with Gasteiger partial charge in [0, 0.05) is 35.8 Å². The number of piperidine rings is 1. The molecule has 3 N–H and O–H groups in total. The van der Waals surface area contributed by atoms with E-state index in [4.69, 9.17) is 4.74 Å². The highest BCUT2D eigenvalue weighted by atomic mass is 28.4. The van der Waals surface area contributed by atoms with Gasteiger partial charge in [-0.1, -0.05) is 37.3 Å². The first-order chi connectivity index (χ1) is 21.5. The van der Waals surface area contributed by atoms with Crippen molar-refractivity contribution in [1.82, 2.24) is 10.2 Å². The van der Waals surface area contributed by atoms with Crippen LogP contribution in [0.2, 0.25) is 18.6 Å². The molecular formula is C34H45FN4O5Si. The Morgan fingerprint density at radius 1 is 1.16 bits per heavy atom. The quantitative estimate of drug-likeness (QED) is 0.294. The maximum atomic E-state index is 16.2. The van der Waals surface area contributed by atoms with Crippen LogP contribution in [0.25, 0.3) is 0 Å². The predicted molar refractivity (Wildman–Crippen MR) is 173 cm³/mol. The van der Waals surface area contributed by atoms with Gasteiger partial charge < -0.3 is 34.4 Å². The topological polar surface area (TPSA) is 111 Å². The fourth-order valence-electron chi connectivity index (χ4n) is 8.25. The van der Waals surface area contributed by atoms with Crippen LogP contribution in [-0.4, -0.2) is 74.5 Å². The Labute approximate surface area is 265 Å². The first kappa shape index (κ1) is 31.8. The number of anilines is 2. The smallest absolute Gasteiger partial charge is 0.264 e. The van der Waals surface area contributed by atoms with Crippen LogP contribution in [0.15, 0.2) is 48.5 Å². The van der Waals surface area contributed by atoms with E-state index < -0.39 is 31.6 Å². The van der Waals surface area contributed by atoms with Crippen molar-refractivity contribution in [1.29, 1.82) is 0 Å². The molecule has 242 valence electrons. The van der Waals surface area contributed by atoms with E-state index >= 15 is 4.11 Å². The lowest BCUT2D eigenvalue weighted by Gasteiger charge is -2.31. The van der Waals surface area contributed by atoms with Crippen molar-refractivity contribution in [2.75, 3.05) is 36.5 Å². The maximum absolute atomic E-state index is 16.2. The number of fused-ring (bicyclic) bond motifs is 2. The second kappa shape index (κ2) is 12.6. The molecule has 6 rings (SSSR count). The number of carbonyl (C=O) groups excluding carboxylic acids is 3. The van der Waals surface area contributed by atoms with Crippen LogP contribution in [0.1, 0.15) is 50.2 Å². The van der Waals surface area contributed by atoms with Crippen molar-refractivity contribution in [3.05, 3.63) is 59.7 Å². The summed E-state index contributed by atoms with van der Waals surface area (Å²) in [5.41, 5.74) is 0.930. The molecule has 1 spiro atoms.